The van der Waals surface area contributed by atoms with E-state index in [2.05, 4.69) is 48.1 Å². The van der Waals surface area contributed by atoms with Crippen LogP contribution in [0, 0.1) is 10.8 Å². The number of allylic oxidation sites excluding steroid dienone is 1. The fourth-order valence-corrected chi connectivity index (χ4v) is 3.23. The third-order valence-electron chi connectivity index (χ3n) is 5.29. The lowest BCUT2D eigenvalue weighted by atomic mass is 9.69. The van der Waals surface area contributed by atoms with E-state index < -0.39 is 18.5 Å². The summed E-state index contributed by atoms with van der Waals surface area (Å²) in [6, 6.07) is 0. The van der Waals surface area contributed by atoms with Gasteiger partial charge >= 0.3 is 7.60 Å². The maximum atomic E-state index is 11.6. The molecular formula is C20H41O5P. The third-order valence-corrected chi connectivity index (χ3v) is 6.80. The summed E-state index contributed by atoms with van der Waals surface area (Å²) in [6.45, 7) is 22.1. The molecule has 0 aliphatic heterocycles. The summed E-state index contributed by atoms with van der Waals surface area (Å²) < 4.78 is 23.7. The highest BCUT2D eigenvalue weighted by Gasteiger charge is 2.45. The minimum atomic E-state index is -4.35. The van der Waals surface area contributed by atoms with Crippen molar-refractivity contribution < 1.29 is 23.8 Å². The summed E-state index contributed by atoms with van der Waals surface area (Å²) in [7, 11) is -4.35. The number of rotatable bonds is 11. The Hall–Kier alpha value is -0.190. The molecule has 0 amide bonds. The smallest absolute Gasteiger partial charge is 0.356 e. The number of hydrogen-bond donors (Lipinski definition) is 2. The lowest BCUT2D eigenvalue weighted by Crippen LogP contribution is -2.46. The van der Waals surface area contributed by atoms with Crippen LogP contribution in [-0.4, -0.2) is 33.4 Å². The zero-order chi connectivity index (χ0) is 21.0. The van der Waals surface area contributed by atoms with Gasteiger partial charge in [0, 0.05) is 12.0 Å². The van der Waals surface area contributed by atoms with Gasteiger partial charge in [0.2, 0.25) is 0 Å². The lowest BCUT2D eigenvalue weighted by molar-refractivity contribution is -0.134. The average Bonchev–Trinajstić information content (AvgIpc) is 2.34. The van der Waals surface area contributed by atoms with Crippen LogP contribution in [0.15, 0.2) is 12.7 Å². The Labute approximate surface area is 160 Å². The second-order valence-electron chi connectivity index (χ2n) is 9.85. The largest absolute Gasteiger partial charge is 0.375 e. The van der Waals surface area contributed by atoms with Crippen molar-refractivity contribution in [3.8, 4) is 0 Å². The first-order valence-electron chi connectivity index (χ1n) is 9.35. The summed E-state index contributed by atoms with van der Waals surface area (Å²) in [5, 5.41) is -1.52. The number of ether oxygens (including phenoxy) is 2. The Morgan fingerprint density at radius 1 is 1.08 bits per heavy atom. The van der Waals surface area contributed by atoms with Crippen LogP contribution in [0.4, 0.5) is 0 Å². The molecule has 0 aliphatic carbocycles. The van der Waals surface area contributed by atoms with Crippen molar-refractivity contribution in [2.24, 2.45) is 10.8 Å². The van der Waals surface area contributed by atoms with Crippen molar-refractivity contribution in [3.05, 3.63) is 12.7 Å². The standard InChI is InChI=1S/C20H41O5P/c1-11-12-20(10,18(6,7)24-14-13-17(3,4)5)15-16(2)25-19(8,9)26(21,22)23/h11,16H,1,12-15H2,2-10H3,(H2,21,22,23). The molecule has 6 heteroatoms. The Morgan fingerprint density at radius 2 is 1.58 bits per heavy atom. The average molecular weight is 393 g/mol. The molecule has 0 rings (SSSR count). The fraction of sp³-hybridized carbons (Fsp3) is 0.900. The zero-order valence-corrected chi connectivity index (χ0v) is 19.2. The molecule has 5 nitrogen and oxygen atoms in total. The molecule has 2 unspecified atom stereocenters. The second-order valence-corrected chi connectivity index (χ2v) is 12.0. The fourth-order valence-electron chi connectivity index (χ4n) is 2.92. The van der Waals surface area contributed by atoms with Crippen LogP contribution in [0.25, 0.3) is 0 Å². The molecule has 2 N–H and O–H groups in total. The SMILES string of the molecule is C=CCC(C)(CC(C)OC(C)(C)P(=O)(O)O)C(C)(C)OCCC(C)(C)C. The van der Waals surface area contributed by atoms with E-state index in [0.717, 1.165) is 12.8 Å². The predicted molar refractivity (Wildman–Crippen MR) is 108 cm³/mol. The summed E-state index contributed by atoms with van der Waals surface area (Å²) in [5.74, 6) is 0. The Balaban J connectivity index is 5.22. The van der Waals surface area contributed by atoms with Gasteiger partial charge in [-0.25, -0.2) is 0 Å². The maximum absolute atomic E-state index is 11.6. The van der Waals surface area contributed by atoms with Gasteiger partial charge in [0.05, 0.1) is 11.7 Å². The highest BCUT2D eigenvalue weighted by atomic mass is 31.2. The van der Waals surface area contributed by atoms with E-state index in [-0.39, 0.29) is 16.9 Å². The molecule has 0 saturated heterocycles. The van der Waals surface area contributed by atoms with Gasteiger partial charge in [-0.15, -0.1) is 6.58 Å². The van der Waals surface area contributed by atoms with Crippen LogP contribution in [-0.2, 0) is 14.0 Å². The van der Waals surface area contributed by atoms with Gasteiger partial charge in [0.15, 0.2) is 5.34 Å². The van der Waals surface area contributed by atoms with E-state index in [0.29, 0.717) is 13.0 Å². The van der Waals surface area contributed by atoms with Gasteiger partial charge in [-0.1, -0.05) is 33.8 Å². The van der Waals surface area contributed by atoms with E-state index in [4.69, 9.17) is 9.47 Å². The van der Waals surface area contributed by atoms with E-state index in [1.807, 2.05) is 13.0 Å². The first kappa shape index (κ1) is 25.8. The van der Waals surface area contributed by atoms with E-state index in [9.17, 15) is 14.4 Å². The maximum Gasteiger partial charge on any atom is 0.356 e. The molecule has 0 aromatic rings. The lowest BCUT2D eigenvalue weighted by Gasteiger charge is -2.46. The molecule has 0 radical (unpaired) electrons. The molecule has 0 heterocycles. The molecule has 26 heavy (non-hydrogen) atoms. The Morgan fingerprint density at radius 3 is 1.96 bits per heavy atom. The van der Waals surface area contributed by atoms with Gasteiger partial charge in [-0.05, 0) is 59.3 Å². The van der Waals surface area contributed by atoms with Crippen molar-refractivity contribution in [1.82, 2.24) is 0 Å². The van der Waals surface area contributed by atoms with Gasteiger partial charge in [-0.2, -0.15) is 0 Å². The van der Waals surface area contributed by atoms with Crippen molar-refractivity contribution in [2.75, 3.05) is 6.61 Å². The molecule has 0 spiro atoms. The van der Waals surface area contributed by atoms with Crippen molar-refractivity contribution >= 4 is 7.60 Å². The third kappa shape index (κ3) is 7.82. The quantitative estimate of drug-likeness (QED) is 0.358. The van der Waals surface area contributed by atoms with Gasteiger partial charge < -0.3 is 19.3 Å². The van der Waals surface area contributed by atoms with E-state index >= 15 is 0 Å². The van der Waals surface area contributed by atoms with Gasteiger partial charge in [0.1, 0.15) is 0 Å². The van der Waals surface area contributed by atoms with Crippen LogP contribution < -0.4 is 0 Å². The van der Waals surface area contributed by atoms with Crippen LogP contribution in [0.3, 0.4) is 0 Å². The highest BCUT2D eigenvalue weighted by Crippen LogP contribution is 2.52. The van der Waals surface area contributed by atoms with Gasteiger partial charge in [-0.3, -0.25) is 4.57 Å². The van der Waals surface area contributed by atoms with Crippen LogP contribution in [0.1, 0.15) is 81.6 Å². The van der Waals surface area contributed by atoms with Crippen molar-refractivity contribution in [1.29, 1.82) is 0 Å². The molecule has 0 aliphatic rings. The van der Waals surface area contributed by atoms with Crippen molar-refractivity contribution in [2.45, 2.75) is 98.6 Å². The minimum Gasteiger partial charge on any atom is -0.375 e. The molecule has 0 aromatic heterocycles. The van der Waals surface area contributed by atoms with E-state index in [1.54, 1.807) is 0 Å². The predicted octanol–water partition coefficient (Wildman–Crippen LogP) is 5.51. The van der Waals surface area contributed by atoms with E-state index in [1.165, 1.54) is 13.8 Å². The van der Waals surface area contributed by atoms with Crippen molar-refractivity contribution in [3.63, 3.8) is 0 Å². The Bertz CT molecular complexity index is 501. The minimum absolute atomic E-state index is 0.203. The zero-order valence-electron chi connectivity index (χ0n) is 18.3. The topological polar surface area (TPSA) is 76.0 Å². The molecule has 0 bridgehead atoms. The number of hydrogen-bond acceptors (Lipinski definition) is 3. The molecule has 156 valence electrons. The summed E-state index contributed by atoms with van der Waals surface area (Å²) in [4.78, 5) is 19.0. The normalized spacial score (nSPS) is 17.7. The molecule has 0 fully saturated rings. The first-order valence-corrected chi connectivity index (χ1v) is 11.0. The van der Waals surface area contributed by atoms with Crippen LogP contribution in [0.2, 0.25) is 0 Å². The molecule has 0 saturated carbocycles. The monoisotopic (exact) mass is 392 g/mol. The molecular weight excluding hydrogens is 351 g/mol. The Kier molecular flexibility index (Phi) is 8.81. The molecule has 0 aromatic carbocycles. The van der Waals surface area contributed by atoms with Gasteiger partial charge in [0.25, 0.3) is 0 Å². The summed E-state index contributed by atoms with van der Waals surface area (Å²) in [5.41, 5.74) is -0.512. The van der Waals surface area contributed by atoms with Crippen LogP contribution >= 0.6 is 7.60 Å². The highest BCUT2D eigenvalue weighted by molar-refractivity contribution is 7.53. The second kappa shape index (κ2) is 8.87. The summed E-state index contributed by atoms with van der Waals surface area (Å²) >= 11 is 0. The first-order chi connectivity index (χ1) is 11.4. The molecule has 2 atom stereocenters. The summed E-state index contributed by atoms with van der Waals surface area (Å²) in [6.07, 6.45) is 3.81. The van der Waals surface area contributed by atoms with Crippen LogP contribution in [0.5, 0.6) is 0 Å².